The summed E-state index contributed by atoms with van der Waals surface area (Å²) < 4.78 is 11.8. The number of thioether (sulfide) groups is 1. The molecule has 1 aromatic carbocycles. The second-order valence-corrected chi connectivity index (χ2v) is 8.15. The molecule has 94 valence electrons. The zero-order valence-corrected chi connectivity index (χ0v) is 12.1. The monoisotopic (exact) mass is 270 g/mol. The Bertz CT molecular complexity index is 394. The standard InChI is InChI=1S/C13H18O2S2/c1-13(2,3)16-12(14)9-10-17(15)11-7-5-4-6-8-11/h4-8H,9-10H2,1-3H3. The van der Waals surface area contributed by atoms with E-state index in [1.165, 1.54) is 11.8 Å². The lowest BCUT2D eigenvalue weighted by Crippen LogP contribution is -2.13. The summed E-state index contributed by atoms with van der Waals surface area (Å²) in [5.41, 5.74) is 0. The Morgan fingerprint density at radius 1 is 1.24 bits per heavy atom. The molecule has 0 bridgehead atoms. The first-order valence-corrected chi connectivity index (χ1v) is 7.67. The molecule has 0 aromatic heterocycles. The van der Waals surface area contributed by atoms with Gasteiger partial charge in [0.1, 0.15) is 0 Å². The highest BCUT2D eigenvalue weighted by atomic mass is 32.2. The molecule has 1 aromatic rings. The average Bonchev–Trinajstić information content (AvgIpc) is 2.25. The van der Waals surface area contributed by atoms with Crippen molar-refractivity contribution < 1.29 is 9.00 Å². The Balaban J connectivity index is 2.42. The Labute approximate surface area is 110 Å². The average molecular weight is 270 g/mol. The van der Waals surface area contributed by atoms with Gasteiger partial charge in [0.2, 0.25) is 0 Å². The van der Waals surface area contributed by atoms with Crippen molar-refractivity contribution in [3.05, 3.63) is 30.3 Å². The molecule has 0 radical (unpaired) electrons. The van der Waals surface area contributed by atoms with E-state index in [-0.39, 0.29) is 9.86 Å². The fraction of sp³-hybridized carbons (Fsp3) is 0.462. The molecular weight excluding hydrogens is 252 g/mol. The third-order valence-corrected chi connectivity index (χ3v) is 4.33. The van der Waals surface area contributed by atoms with Gasteiger partial charge in [0, 0.05) is 21.8 Å². The maximum atomic E-state index is 11.9. The number of benzene rings is 1. The van der Waals surface area contributed by atoms with E-state index < -0.39 is 10.8 Å². The van der Waals surface area contributed by atoms with Crippen molar-refractivity contribution in [2.45, 2.75) is 36.8 Å². The first-order valence-electron chi connectivity index (χ1n) is 5.54. The van der Waals surface area contributed by atoms with Crippen molar-refractivity contribution in [3.63, 3.8) is 0 Å². The van der Waals surface area contributed by atoms with Gasteiger partial charge in [-0.05, 0) is 12.1 Å². The molecule has 0 aliphatic carbocycles. The maximum absolute atomic E-state index is 11.9. The molecule has 0 saturated carbocycles. The highest BCUT2D eigenvalue weighted by molar-refractivity contribution is 8.14. The van der Waals surface area contributed by atoms with Crippen LogP contribution in [-0.4, -0.2) is 19.8 Å². The topological polar surface area (TPSA) is 34.1 Å². The van der Waals surface area contributed by atoms with Crippen LogP contribution in [-0.2, 0) is 15.6 Å². The fourth-order valence-electron chi connectivity index (χ4n) is 1.26. The van der Waals surface area contributed by atoms with Gasteiger partial charge in [0.05, 0.1) is 10.8 Å². The predicted molar refractivity (Wildman–Crippen MR) is 74.7 cm³/mol. The van der Waals surface area contributed by atoms with Gasteiger partial charge in [-0.3, -0.25) is 9.00 Å². The molecule has 1 unspecified atom stereocenters. The number of hydrogen-bond donors (Lipinski definition) is 0. The fourth-order valence-corrected chi connectivity index (χ4v) is 3.34. The summed E-state index contributed by atoms with van der Waals surface area (Å²) in [4.78, 5) is 12.4. The van der Waals surface area contributed by atoms with Crippen molar-refractivity contribution in [3.8, 4) is 0 Å². The zero-order valence-electron chi connectivity index (χ0n) is 10.4. The second-order valence-electron chi connectivity index (χ2n) is 4.70. The smallest absolute Gasteiger partial charge is 0.190 e. The molecule has 1 rings (SSSR count). The number of hydrogen-bond acceptors (Lipinski definition) is 3. The largest absolute Gasteiger partial charge is 0.287 e. The quantitative estimate of drug-likeness (QED) is 0.842. The molecule has 0 saturated heterocycles. The van der Waals surface area contributed by atoms with Gasteiger partial charge in [0.15, 0.2) is 5.12 Å². The third-order valence-electron chi connectivity index (χ3n) is 1.92. The van der Waals surface area contributed by atoms with Crippen molar-refractivity contribution in [2.24, 2.45) is 0 Å². The van der Waals surface area contributed by atoms with Crippen LogP contribution in [0.4, 0.5) is 0 Å². The van der Waals surface area contributed by atoms with Gasteiger partial charge in [0.25, 0.3) is 0 Å². The van der Waals surface area contributed by atoms with E-state index in [0.717, 1.165) is 4.90 Å². The number of carbonyl (C=O) groups is 1. The Morgan fingerprint density at radius 3 is 2.35 bits per heavy atom. The van der Waals surface area contributed by atoms with E-state index in [9.17, 15) is 9.00 Å². The minimum atomic E-state index is -1.07. The molecule has 1 atom stereocenters. The van der Waals surface area contributed by atoms with Crippen LogP contribution < -0.4 is 0 Å². The first kappa shape index (κ1) is 14.5. The normalized spacial score (nSPS) is 13.4. The van der Waals surface area contributed by atoms with Crippen LogP contribution >= 0.6 is 11.8 Å². The Morgan fingerprint density at radius 2 is 1.82 bits per heavy atom. The summed E-state index contributed by atoms with van der Waals surface area (Å²) in [5, 5.41) is 0.113. The second kappa shape index (κ2) is 6.36. The summed E-state index contributed by atoms with van der Waals surface area (Å²) in [6.07, 6.45) is 0.365. The van der Waals surface area contributed by atoms with Gasteiger partial charge in [-0.2, -0.15) is 0 Å². The van der Waals surface area contributed by atoms with Gasteiger partial charge >= 0.3 is 0 Å². The van der Waals surface area contributed by atoms with Crippen molar-refractivity contribution in [1.29, 1.82) is 0 Å². The summed E-state index contributed by atoms with van der Waals surface area (Å²) in [7, 11) is -1.07. The maximum Gasteiger partial charge on any atom is 0.190 e. The van der Waals surface area contributed by atoms with E-state index in [1.807, 2.05) is 51.1 Å². The van der Waals surface area contributed by atoms with Gasteiger partial charge < -0.3 is 0 Å². The molecule has 4 heteroatoms. The van der Waals surface area contributed by atoms with Crippen LogP contribution in [0.25, 0.3) is 0 Å². The highest BCUT2D eigenvalue weighted by Gasteiger charge is 2.17. The summed E-state index contributed by atoms with van der Waals surface area (Å²) in [6, 6.07) is 9.27. The van der Waals surface area contributed by atoms with Gasteiger partial charge in [-0.25, -0.2) is 0 Å². The minimum Gasteiger partial charge on any atom is -0.287 e. The Kier molecular flexibility index (Phi) is 5.40. The molecular formula is C13H18O2S2. The lowest BCUT2D eigenvalue weighted by atomic mass is 10.3. The van der Waals surface area contributed by atoms with E-state index >= 15 is 0 Å². The van der Waals surface area contributed by atoms with Crippen LogP contribution in [0.3, 0.4) is 0 Å². The molecule has 0 fully saturated rings. The summed E-state index contributed by atoms with van der Waals surface area (Å²) >= 11 is 1.32. The number of carbonyl (C=O) groups excluding carboxylic acids is 1. The predicted octanol–water partition coefficient (Wildman–Crippen LogP) is 3.24. The van der Waals surface area contributed by atoms with Crippen LogP contribution in [0.15, 0.2) is 35.2 Å². The van der Waals surface area contributed by atoms with Crippen LogP contribution in [0, 0.1) is 0 Å². The van der Waals surface area contributed by atoms with E-state index in [0.29, 0.717) is 12.2 Å². The Hall–Kier alpha value is -0.610. The SMILES string of the molecule is CC(C)(C)SC(=O)CCS(=O)c1ccccc1. The highest BCUT2D eigenvalue weighted by Crippen LogP contribution is 2.25. The van der Waals surface area contributed by atoms with Gasteiger partial charge in [-0.1, -0.05) is 50.7 Å². The van der Waals surface area contributed by atoms with Crippen LogP contribution in [0.2, 0.25) is 0 Å². The van der Waals surface area contributed by atoms with E-state index in [1.54, 1.807) is 0 Å². The zero-order chi connectivity index (χ0) is 12.9. The molecule has 0 spiro atoms. The lowest BCUT2D eigenvalue weighted by molar-refractivity contribution is -0.110. The number of rotatable bonds is 4. The molecule has 0 amide bonds. The van der Waals surface area contributed by atoms with Crippen molar-refractivity contribution >= 4 is 27.7 Å². The third kappa shape index (κ3) is 6.03. The van der Waals surface area contributed by atoms with Crippen molar-refractivity contribution in [2.75, 3.05) is 5.75 Å². The molecule has 0 aliphatic rings. The summed E-state index contributed by atoms with van der Waals surface area (Å²) in [5.74, 6) is 0.409. The summed E-state index contributed by atoms with van der Waals surface area (Å²) in [6.45, 7) is 6.01. The molecule has 2 nitrogen and oxygen atoms in total. The van der Waals surface area contributed by atoms with Gasteiger partial charge in [-0.15, -0.1) is 0 Å². The minimum absolute atomic E-state index is 0.0642. The van der Waals surface area contributed by atoms with E-state index in [4.69, 9.17) is 0 Å². The van der Waals surface area contributed by atoms with E-state index in [2.05, 4.69) is 0 Å². The molecule has 17 heavy (non-hydrogen) atoms. The molecule has 0 N–H and O–H groups in total. The van der Waals surface area contributed by atoms with Crippen LogP contribution in [0.1, 0.15) is 27.2 Å². The lowest BCUT2D eigenvalue weighted by Gasteiger charge is -2.15. The van der Waals surface area contributed by atoms with Crippen LogP contribution in [0.5, 0.6) is 0 Å². The van der Waals surface area contributed by atoms with Crippen molar-refractivity contribution in [1.82, 2.24) is 0 Å². The first-order chi connectivity index (χ1) is 7.88. The molecule has 0 aliphatic heterocycles. The molecule has 0 heterocycles.